The van der Waals surface area contributed by atoms with Crippen molar-refractivity contribution < 1.29 is 14.7 Å². The number of nitrogens with two attached hydrogens (primary N) is 1. The van der Waals surface area contributed by atoms with Crippen LogP contribution < -0.4 is 15.8 Å². The van der Waals surface area contributed by atoms with Crippen LogP contribution in [-0.4, -0.2) is 24.1 Å². The van der Waals surface area contributed by atoms with E-state index in [9.17, 15) is 4.79 Å². The molecule has 1 aromatic rings. The molecule has 1 fully saturated rings. The number of hydrogen-bond donors (Lipinski definition) is 3. The molecule has 0 aliphatic heterocycles. The Bertz CT molecular complexity index is 528. The van der Waals surface area contributed by atoms with Crippen LogP contribution in [-0.2, 0) is 4.79 Å². The zero-order valence-corrected chi connectivity index (χ0v) is 10.9. The number of rotatable bonds is 4. The van der Waals surface area contributed by atoms with Crippen LogP contribution in [0.4, 0.5) is 5.69 Å². The van der Waals surface area contributed by atoms with Crippen molar-refractivity contribution in [3.05, 3.63) is 23.8 Å². The van der Waals surface area contributed by atoms with E-state index in [1.807, 2.05) is 6.92 Å². The van der Waals surface area contributed by atoms with E-state index in [0.29, 0.717) is 22.9 Å². The fourth-order valence-electron chi connectivity index (χ4n) is 2.00. The molecule has 1 aromatic carbocycles. The fraction of sp³-hybridized carbons (Fsp3) is 0.385. The van der Waals surface area contributed by atoms with Crippen molar-refractivity contribution in [1.82, 2.24) is 0 Å². The van der Waals surface area contributed by atoms with Crippen molar-refractivity contribution in [2.75, 3.05) is 12.4 Å². The van der Waals surface area contributed by atoms with Gasteiger partial charge >= 0.3 is 0 Å². The molecule has 2 atom stereocenters. The van der Waals surface area contributed by atoms with E-state index < -0.39 is 0 Å². The second kappa shape index (κ2) is 5.17. The standard InChI is InChI=1S/C13H17N3O3/c1-7-6-9(7)13(17)15-11-8(12(14)16-18)4-3-5-10(11)19-2/h3-5,7,9,18H,6H2,1-2H3,(H2,14,16)(H,15,17). The molecule has 1 aliphatic carbocycles. The SMILES string of the molecule is COc1cccc(/C(N)=N/O)c1NC(=O)C1CC1C. The lowest BCUT2D eigenvalue weighted by atomic mass is 10.1. The number of hydrogen-bond acceptors (Lipinski definition) is 4. The number of oxime groups is 1. The first-order valence-corrected chi connectivity index (χ1v) is 6.04. The third-order valence-corrected chi connectivity index (χ3v) is 3.32. The Labute approximate surface area is 111 Å². The van der Waals surface area contributed by atoms with Gasteiger partial charge in [0.2, 0.25) is 5.91 Å². The van der Waals surface area contributed by atoms with Crippen molar-refractivity contribution in [2.45, 2.75) is 13.3 Å². The van der Waals surface area contributed by atoms with Gasteiger partial charge in [-0.1, -0.05) is 18.1 Å². The second-order valence-electron chi connectivity index (χ2n) is 4.68. The van der Waals surface area contributed by atoms with Crippen molar-refractivity contribution in [2.24, 2.45) is 22.7 Å². The first-order chi connectivity index (χ1) is 9.08. The molecule has 2 unspecified atom stereocenters. The summed E-state index contributed by atoms with van der Waals surface area (Å²) in [6.07, 6.45) is 0.889. The van der Waals surface area contributed by atoms with Gasteiger partial charge in [0.15, 0.2) is 5.84 Å². The predicted octanol–water partition coefficient (Wildman–Crippen LogP) is 1.38. The third kappa shape index (κ3) is 2.62. The van der Waals surface area contributed by atoms with E-state index >= 15 is 0 Å². The minimum Gasteiger partial charge on any atom is -0.495 e. The number of amides is 1. The molecule has 4 N–H and O–H groups in total. The van der Waals surface area contributed by atoms with Gasteiger partial charge in [-0.25, -0.2) is 0 Å². The number of nitrogens with one attached hydrogen (secondary N) is 1. The summed E-state index contributed by atoms with van der Waals surface area (Å²) < 4.78 is 5.20. The van der Waals surface area contributed by atoms with Crippen molar-refractivity contribution in [3.63, 3.8) is 0 Å². The maximum absolute atomic E-state index is 12.0. The van der Waals surface area contributed by atoms with E-state index in [-0.39, 0.29) is 17.7 Å². The van der Waals surface area contributed by atoms with E-state index in [4.69, 9.17) is 15.7 Å². The highest BCUT2D eigenvalue weighted by atomic mass is 16.5. The molecule has 6 nitrogen and oxygen atoms in total. The van der Waals surface area contributed by atoms with E-state index in [1.54, 1.807) is 18.2 Å². The smallest absolute Gasteiger partial charge is 0.227 e. The monoisotopic (exact) mass is 263 g/mol. The van der Waals surface area contributed by atoms with Gasteiger partial charge < -0.3 is 21.0 Å². The first-order valence-electron chi connectivity index (χ1n) is 6.04. The average Bonchev–Trinajstić information content (AvgIpc) is 3.15. The largest absolute Gasteiger partial charge is 0.495 e. The van der Waals surface area contributed by atoms with Crippen LogP contribution in [0.2, 0.25) is 0 Å². The molecule has 0 heterocycles. The number of amidine groups is 1. The number of benzene rings is 1. The molecule has 6 heteroatoms. The molecule has 1 amide bonds. The summed E-state index contributed by atoms with van der Waals surface area (Å²) in [5.41, 5.74) is 6.47. The molecule has 2 rings (SSSR count). The summed E-state index contributed by atoms with van der Waals surface area (Å²) in [5, 5.41) is 14.6. The van der Waals surface area contributed by atoms with Crippen LogP contribution in [0.3, 0.4) is 0 Å². The molecule has 0 radical (unpaired) electrons. The Hall–Kier alpha value is -2.24. The lowest BCUT2D eigenvalue weighted by Crippen LogP contribution is -2.21. The van der Waals surface area contributed by atoms with E-state index in [1.165, 1.54) is 7.11 Å². The normalized spacial score (nSPS) is 21.9. The van der Waals surface area contributed by atoms with E-state index in [2.05, 4.69) is 10.5 Å². The molecule has 1 saturated carbocycles. The molecule has 19 heavy (non-hydrogen) atoms. The Morgan fingerprint density at radius 1 is 1.58 bits per heavy atom. The minimum absolute atomic E-state index is 0.0325. The second-order valence-corrected chi connectivity index (χ2v) is 4.68. The van der Waals surface area contributed by atoms with Crippen LogP contribution in [0.5, 0.6) is 5.75 Å². The van der Waals surface area contributed by atoms with Gasteiger partial charge in [0.25, 0.3) is 0 Å². The Morgan fingerprint density at radius 2 is 2.26 bits per heavy atom. The van der Waals surface area contributed by atoms with Crippen LogP contribution in [0.25, 0.3) is 0 Å². The van der Waals surface area contributed by atoms with Crippen LogP contribution >= 0.6 is 0 Å². The average molecular weight is 263 g/mol. The number of nitrogens with zero attached hydrogens (tertiary/aromatic N) is 1. The molecular formula is C13H17N3O3. The van der Waals surface area contributed by atoms with Gasteiger partial charge in [-0.2, -0.15) is 0 Å². The van der Waals surface area contributed by atoms with Gasteiger partial charge in [0, 0.05) is 11.5 Å². The van der Waals surface area contributed by atoms with Crippen LogP contribution in [0.15, 0.2) is 23.4 Å². The van der Waals surface area contributed by atoms with E-state index in [0.717, 1.165) is 6.42 Å². The van der Waals surface area contributed by atoms with Gasteiger partial charge in [0.1, 0.15) is 5.75 Å². The predicted molar refractivity (Wildman–Crippen MR) is 71.4 cm³/mol. The number of carbonyl (C=O) groups is 1. The van der Waals surface area contributed by atoms with Crippen molar-refractivity contribution in [3.8, 4) is 5.75 Å². The zero-order chi connectivity index (χ0) is 14.0. The number of ether oxygens (including phenoxy) is 1. The lowest BCUT2D eigenvalue weighted by Gasteiger charge is -2.14. The topological polar surface area (TPSA) is 96.9 Å². The highest BCUT2D eigenvalue weighted by Crippen LogP contribution is 2.39. The first kappa shape index (κ1) is 13.2. The zero-order valence-electron chi connectivity index (χ0n) is 10.9. The summed E-state index contributed by atoms with van der Waals surface area (Å²) in [4.78, 5) is 12.0. The Kier molecular flexibility index (Phi) is 3.59. The maximum atomic E-state index is 12.0. The summed E-state index contributed by atoms with van der Waals surface area (Å²) in [6, 6.07) is 5.07. The molecule has 0 bridgehead atoms. The van der Waals surface area contributed by atoms with Crippen molar-refractivity contribution >= 4 is 17.4 Å². The molecular weight excluding hydrogens is 246 g/mol. The molecule has 1 aliphatic rings. The van der Waals surface area contributed by atoms with Crippen molar-refractivity contribution in [1.29, 1.82) is 0 Å². The number of methoxy groups -OCH3 is 1. The van der Waals surface area contributed by atoms with Crippen LogP contribution in [0.1, 0.15) is 18.9 Å². The Balaban J connectivity index is 2.33. The summed E-state index contributed by atoms with van der Waals surface area (Å²) in [5.74, 6) is 0.778. The number of para-hydroxylation sites is 1. The molecule has 0 aromatic heterocycles. The number of carbonyl (C=O) groups excluding carboxylic acids is 1. The third-order valence-electron chi connectivity index (χ3n) is 3.32. The lowest BCUT2D eigenvalue weighted by molar-refractivity contribution is -0.117. The highest BCUT2D eigenvalue weighted by molar-refractivity contribution is 6.07. The fourth-order valence-corrected chi connectivity index (χ4v) is 2.00. The maximum Gasteiger partial charge on any atom is 0.227 e. The summed E-state index contributed by atoms with van der Waals surface area (Å²) >= 11 is 0. The highest BCUT2D eigenvalue weighted by Gasteiger charge is 2.39. The van der Waals surface area contributed by atoms with Gasteiger partial charge in [0.05, 0.1) is 12.8 Å². The molecule has 0 spiro atoms. The van der Waals surface area contributed by atoms with Crippen LogP contribution in [0, 0.1) is 11.8 Å². The summed E-state index contributed by atoms with van der Waals surface area (Å²) in [7, 11) is 1.50. The Morgan fingerprint density at radius 3 is 2.79 bits per heavy atom. The van der Waals surface area contributed by atoms with Gasteiger partial charge in [-0.15, -0.1) is 0 Å². The quantitative estimate of drug-likeness (QED) is 0.331. The molecule has 0 saturated heterocycles. The summed E-state index contributed by atoms with van der Waals surface area (Å²) in [6.45, 7) is 2.02. The number of anilines is 1. The van der Waals surface area contributed by atoms with Gasteiger partial charge in [-0.3, -0.25) is 4.79 Å². The van der Waals surface area contributed by atoms with Gasteiger partial charge in [-0.05, 0) is 24.5 Å². The minimum atomic E-state index is -0.0713. The molecule has 102 valence electrons.